The maximum Gasteiger partial charge on any atom is 0.0440 e. The van der Waals surface area contributed by atoms with Crippen molar-refractivity contribution in [2.45, 2.75) is 38.6 Å². The average Bonchev–Trinajstić information content (AvgIpc) is 2.19. The van der Waals surface area contributed by atoms with Crippen molar-refractivity contribution < 1.29 is 0 Å². The number of hydrogen-bond donors (Lipinski definition) is 1. The van der Waals surface area contributed by atoms with Crippen LogP contribution >= 0.6 is 11.6 Å². The number of rotatable bonds is 4. The second kappa shape index (κ2) is 5.20. The molecule has 0 heterocycles. The van der Waals surface area contributed by atoms with Crippen molar-refractivity contribution in [2.24, 2.45) is 5.92 Å². The second-order valence-electron chi connectivity index (χ2n) is 5.03. The van der Waals surface area contributed by atoms with Crippen LogP contribution < -0.4 is 5.32 Å². The third-order valence-electron chi connectivity index (χ3n) is 3.51. The standard InChI is InChI=1S/C14H20ClN/c1-10(2)16-9-11-7-8-12(11)13-5-3-4-6-14(13)15/h3-6,10-12,16H,7-9H2,1-2H3. The Balaban J connectivity index is 1.98. The van der Waals surface area contributed by atoms with E-state index in [1.54, 1.807) is 0 Å². The SMILES string of the molecule is CC(C)NCC1CCC1c1ccccc1Cl. The highest BCUT2D eigenvalue weighted by atomic mass is 35.5. The first-order valence-corrected chi connectivity index (χ1v) is 6.54. The van der Waals surface area contributed by atoms with Gasteiger partial charge in [-0.2, -0.15) is 0 Å². The van der Waals surface area contributed by atoms with E-state index in [0.717, 1.165) is 17.5 Å². The normalized spacial score (nSPS) is 24.5. The summed E-state index contributed by atoms with van der Waals surface area (Å²) < 4.78 is 0. The highest BCUT2D eigenvalue weighted by Gasteiger charge is 2.32. The monoisotopic (exact) mass is 237 g/mol. The molecule has 0 radical (unpaired) electrons. The van der Waals surface area contributed by atoms with Gasteiger partial charge in [-0.05, 0) is 42.9 Å². The molecule has 1 fully saturated rings. The Morgan fingerprint density at radius 2 is 2.06 bits per heavy atom. The smallest absolute Gasteiger partial charge is 0.0440 e. The van der Waals surface area contributed by atoms with Crippen LogP contribution in [0.4, 0.5) is 0 Å². The fourth-order valence-corrected chi connectivity index (χ4v) is 2.66. The molecule has 16 heavy (non-hydrogen) atoms. The summed E-state index contributed by atoms with van der Waals surface area (Å²) >= 11 is 6.24. The van der Waals surface area contributed by atoms with Gasteiger partial charge >= 0.3 is 0 Å². The Morgan fingerprint density at radius 1 is 1.31 bits per heavy atom. The summed E-state index contributed by atoms with van der Waals surface area (Å²) in [7, 11) is 0. The first kappa shape index (κ1) is 11.9. The van der Waals surface area contributed by atoms with Gasteiger partial charge in [0.2, 0.25) is 0 Å². The predicted molar refractivity (Wildman–Crippen MR) is 70.1 cm³/mol. The van der Waals surface area contributed by atoms with Crippen molar-refractivity contribution in [3.8, 4) is 0 Å². The molecule has 2 rings (SSSR count). The van der Waals surface area contributed by atoms with Crippen LogP contribution in [0.5, 0.6) is 0 Å². The van der Waals surface area contributed by atoms with Crippen LogP contribution in [0.2, 0.25) is 5.02 Å². The van der Waals surface area contributed by atoms with Crippen LogP contribution in [0.15, 0.2) is 24.3 Å². The van der Waals surface area contributed by atoms with Gasteiger partial charge in [0.15, 0.2) is 0 Å². The van der Waals surface area contributed by atoms with E-state index in [0.29, 0.717) is 12.0 Å². The molecule has 1 aromatic carbocycles. The Kier molecular flexibility index (Phi) is 3.88. The lowest BCUT2D eigenvalue weighted by molar-refractivity contribution is 0.241. The maximum atomic E-state index is 6.24. The number of nitrogens with one attached hydrogen (secondary N) is 1. The van der Waals surface area contributed by atoms with Gasteiger partial charge in [0, 0.05) is 11.1 Å². The van der Waals surface area contributed by atoms with Gasteiger partial charge in [0.1, 0.15) is 0 Å². The largest absolute Gasteiger partial charge is 0.314 e. The Hall–Kier alpha value is -0.530. The maximum absolute atomic E-state index is 6.24. The zero-order valence-corrected chi connectivity index (χ0v) is 10.8. The third-order valence-corrected chi connectivity index (χ3v) is 3.85. The minimum absolute atomic E-state index is 0.576. The fraction of sp³-hybridized carbons (Fsp3) is 0.571. The van der Waals surface area contributed by atoms with Crippen LogP contribution in [0, 0.1) is 5.92 Å². The molecule has 0 aromatic heterocycles. The fourth-order valence-electron chi connectivity index (χ4n) is 2.39. The van der Waals surface area contributed by atoms with Crippen LogP contribution in [-0.4, -0.2) is 12.6 Å². The topological polar surface area (TPSA) is 12.0 Å². The summed E-state index contributed by atoms with van der Waals surface area (Å²) in [5, 5.41) is 4.46. The molecule has 1 nitrogen and oxygen atoms in total. The summed E-state index contributed by atoms with van der Waals surface area (Å²) in [6.07, 6.45) is 2.61. The Labute approximate surface area is 103 Å². The van der Waals surface area contributed by atoms with Gasteiger partial charge in [-0.25, -0.2) is 0 Å². The summed E-state index contributed by atoms with van der Waals surface area (Å²) in [4.78, 5) is 0. The van der Waals surface area contributed by atoms with Gasteiger partial charge in [-0.1, -0.05) is 43.6 Å². The molecule has 1 aliphatic carbocycles. The molecular weight excluding hydrogens is 218 g/mol. The van der Waals surface area contributed by atoms with E-state index in [1.807, 2.05) is 12.1 Å². The molecule has 0 amide bonds. The van der Waals surface area contributed by atoms with Gasteiger partial charge in [0.05, 0.1) is 0 Å². The number of benzene rings is 1. The molecule has 2 heteroatoms. The summed E-state index contributed by atoms with van der Waals surface area (Å²) in [5.41, 5.74) is 1.34. The summed E-state index contributed by atoms with van der Waals surface area (Å²) in [5.74, 6) is 1.43. The molecule has 88 valence electrons. The van der Waals surface area contributed by atoms with E-state index in [4.69, 9.17) is 11.6 Å². The van der Waals surface area contributed by atoms with E-state index < -0.39 is 0 Å². The molecule has 0 bridgehead atoms. The zero-order valence-electron chi connectivity index (χ0n) is 10.0. The minimum Gasteiger partial charge on any atom is -0.314 e. The first-order valence-electron chi connectivity index (χ1n) is 6.16. The molecule has 1 aromatic rings. The highest BCUT2D eigenvalue weighted by Crippen LogP contribution is 2.44. The van der Waals surface area contributed by atoms with E-state index in [9.17, 15) is 0 Å². The molecule has 0 aliphatic heterocycles. The van der Waals surface area contributed by atoms with Gasteiger partial charge in [0.25, 0.3) is 0 Å². The van der Waals surface area contributed by atoms with Crippen molar-refractivity contribution >= 4 is 11.6 Å². The van der Waals surface area contributed by atoms with Crippen molar-refractivity contribution in [3.63, 3.8) is 0 Å². The van der Waals surface area contributed by atoms with Crippen molar-refractivity contribution in [1.29, 1.82) is 0 Å². The van der Waals surface area contributed by atoms with Crippen LogP contribution in [0.25, 0.3) is 0 Å². The predicted octanol–water partition coefficient (Wildman–Crippen LogP) is 3.83. The lowest BCUT2D eigenvalue weighted by atomic mass is 9.70. The molecule has 1 N–H and O–H groups in total. The van der Waals surface area contributed by atoms with E-state index in [2.05, 4.69) is 31.3 Å². The lowest BCUT2D eigenvalue weighted by Gasteiger charge is -2.38. The number of hydrogen-bond acceptors (Lipinski definition) is 1. The first-order chi connectivity index (χ1) is 7.68. The molecule has 1 saturated carbocycles. The van der Waals surface area contributed by atoms with Gasteiger partial charge in [-0.3, -0.25) is 0 Å². The van der Waals surface area contributed by atoms with Crippen molar-refractivity contribution in [1.82, 2.24) is 5.32 Å². The zero-order chi connectivity index (χ0) is 11.5. The van der Waals surface area contributed by atoms with Crippen molar-refractivity contribution in [3.05, 3.63) is 34.9 Å². The van der Waals surface area contributed by atoms with Gasteiger partial charge in [-0.15, -0.1) is 0 Å². The molecular formula is C14H20ClN. The van der Waals surface area contributed by atoms with E-state index in [-0.39, 0.29) is 0 Å². The molecule has 0 spiro atoms. The van der Waals surface area contributed by atoms with E-state index >= 15 is 0 Å². The summed E-state index contributed by atoms with van der Waals surface area (Å²) in [6.45, 7) is 5.51. The highest BCUT2D eigenvalue weighted by molar-refractivity contribution is 6.31. The number of halogens is 1. The lowest BCUT2D eigenvalue weighted by Crippen LogP contribution is -2.36. The third kappa shape index (κ3) is 2.58. The second-order valence-corrected chi connectivity index (χ2v) is 5.44. The molecule has 2 unspecified atom stereocenters. The average molecular weight is 238 g/mol. The quantitative estimate of drug-likeness (QED) is 0.839. The molecule has 1 aliphatic rings. The van der Waals surface area contributed by atoms with E-state index in [1.165, 1.54) is 18.4 Å². The van der Waals surface area contributed by atoms with Crippen LogP contribution in [0.3, 0.4) is 0 Å². The Morgan fingerprint density at radius 3 is 2.62 bits per heavy atom. The molecule has 0 saturated heterocycles. The molecule has 2 atom stereocenters. The van der Waals surface area contributed by atoms with Crippen LogP contribution in [0.1, 0.15) is 38.2 Å². The summed E-state index contributed by atoms with van der Waals surface area (Å²) in [6, 6.07) is 8.85. The van der Waals surface area contributed by atoms with Crippen molar-refractivity contribution in [2.75, 3.05) is 6.54 Å². The van der Waals surface area contributed by atoms with Crippen LogP contribution in [-0.2, 0) is 0 Å². The minimum atomic E-state index is 0.576. The Bertz CT molecular complexity index is 348. The van der Waals surface area contributed by atoms with Gasteiger partial charge < -0.3 is 5.32 Å².